The van der Waals surface area contributed by atoms with Crippen LogP contribution >= 0.6 is 0 Å². The lowest BCUT2D eigenvalue weighted by Crippen LogP contribution is -2.12. The SMILES string of the molecule is C=CCOCc1ccc([C@H]2CC[C@H](CC=CCC)CC2)cc1. The highest BCUT2D eigenvalue weighted by Gasteiger charge is 2.21. The quantitative estimate of drug-likeness (QED) is 0.421. The molecule has 1 fully saturated rings. The zero-order valence-electron chi connectivity index (χ0n) is 14.0. The fraction of sp³-hybridized carbons (Fsp3) is 0.524. The molecule has 0 bridgehead atoms. The van der Waals surface area contributed by atoms with Gasteiger partial charge in [0.25, 0.3) is 0 Å². The molecule has 0 aliphatic heterocycles. The summed E-state index contributed by atoms with van der Waals surface area (Å²) < 4.78 is 5.49. The molecule has 1 aromatic rings. The van der Waals surface area contributed by atoms with Crippen LogP contribution in [-0.2, 0) is 11.3 Å². The Kier molecular flexibility index (Phi) is 7.45. The van der Waals surface area contributed by atoms with Crippen LogP contribution in [0, 0.1) is 5.92 Å². The van der Waals surface area contributed by atoms with Crippen LogP contribution in [0.2, 0.25) is 0 Å². The van der Waals surface area contributed by atoms with Crippen LogP contribution in [0.4, 0.5) is 0 Å². The third kappa shape index (κ3) is 5.46. The Morgan fingerprint density at radius 3 is 2.45 bits per heavy atom. The molecule has 22 heavy (non-hydrogen) atoms. The van der Waals surface area contributed by atoms with E-state index in [0.717, 1.165) is 18.3 Å². The number of ether oxygens (including phenoxy) is 1. The molecule has 1 nitrogen and oxygen atoms in total. The number of benzene rings is 1. The summed E-state index contributed by atoms with van der Waals surface area (Å²) in [6.45, 7) is 7.18. The van der Waals surface area contributed by atoms with Crippen LogP contribution in [0.1, 0.15) is 62.5 Å². The van der Waals surface area contributed by atoms with E-state index in [1.807, 2.05) is 0 Å². The van der Waals surface area contributed by atoms with Crippen LogP contribution in [0.3, 0.4) is 0 Å². The van der Waals surface area contributed by atoms with Crippen LogP contribution < -0.4 is 0 Å². The summed E-state index contributed by atoms with van der Waals surface area (Å²) in [6, 6.07) is 9.03. The van der Waals surface area contributed by atoms with Crippen molar-refractivity contribution in [1.29, 1.82) is 0 Å². The van der Waals surface area contributed by atoms with Crippen molar-refractivity contribution in [3.05, 3.63) is 60.2 Å². The number of allylic oxidation sites excluding steroid dienone is 2. The molecule has 0 heterocycles. The van der Waals surface area contributed by atoms with Gasteiger partial charge in [0.15, 0.2) is 0 Å². The van der Waals surface area contributed by atoms with E-state index >= 15 is 0 Å². The predicted molar refractivity (Wildman–Crippen MR) is 95.0 cm³/mol. The molecule has 0 amide bonds. The van der Waals surface area contributed by atoms with E-state index in [2.05, 4.69) is 49.9 Å². The summed E-state index contributed by atoms with van der Waals surface area (Å²) in [6.07, 6.45) is 14.4. The Morgan fingerprint density at radius 2 is 1.82 bits per heavy atom. The number of hydrogen-bond acceptors (Lipinski definition) is 1. The highest BCUT2D eigenvalue weighted by Crippen LogP contribution is 2.37. The van der Waals surface area contributed by atoms with E-state index < -0.39 is 0 Å². The van der Waals surface area contributed by atoms with E-state index in [-0.39, 0.29) is 0 Å². The van der Waals surface area contributed by atoms with Gasteiger partial charge in [0.2, 0.25) is 0 Å². The standard InChI is InChI=1S/C21H30O/c1-3-5-6-7-18-8-12-20(13-9-18)21-14-10-19(11-15-21)17-22-16-4-2/h4-6,10-11,14-15,18,20H,2-3,7-9,12-13,16-17H2,1H3/t18-,20-. The molecule has 0 aromatic heterocycles. The van der Waals surface area contributed by atoms with E-state index in [9.17, 15) is 0 Å². The van der Waals surface area contributed by atoms with Crippen molar-refractivity contribution in [1.82, 2.24) is 0 Å². The molecule has 1 aliphatic rings. The topological polar surface area (TPSA) is 9.23 Å². The van der Waals surface area contributed by atoms with E-state index in [0.29, 0.717) is 13.2 Å². The van der Waals surface area contributed by atoms with E-state index in [4.69, 9.17) is 4.74 Å². The average Bonchev–Trinajstić information content (AvgIpc) is 2.57. The fourth-order valence-electron chi connectivity index (χ4n) is 3.33. The Morgan fingerprint density at radius 1 is 1.09 bits per heavy atom. The monoisotopic (exact) mass is 298 g/mol. The summed E-state index contributed by atoms with van der Waals surface area (Å²) in [7, 11) is 0. The first kappa shape index (κ1) is 17.0. The second-order valence-corrected chi connectivity index (χ2v) is 6.38. The minimum absolute atomic E-state index is 0.623. The molecular formula is C21H30O. The molecule has 0 unspecified atom stereocenters. The molecule has 2 rings (SSSR count). The van der Waals surface area contributed by atoms with Crippen LogP contribution in [0.25, 0.3) is 0 Å². The van der Waals surface area contributed by atoms with Crippen molar-refractivity contribution < 1.29 is 4.74 Å². The molecule has 1 aliphatic carbocycles. The Balaban J connectivity index is 1.78. The van der Waals surface area contributed by atoms with E-state index in [1.54, 1.807) is 6.08 Å². The highest BCUT2D eigenvalue weighted by atomic mass is 16.5. The highest BCUT2D eigenvalue weighted by molar-refractivity contribution is 5.25. The first-order valence-corrected chi connectivity index (χ1v) is 8.76. The molecule has 0 saturated heterocycles. The van der Waals surface area contributed by atoms with Crippen LogP contribution in [0.15, 0.2) is 49.1 Å². The van der Waals surface area contributed by atoms with Crippen molar-refractivity contribution in [3.8, 4) is 0 Å². The van der Waals surface area contributed by atoms with Gasteiger partial charge >= 0.3 is 0 Å². The summed E-state index contributed by atoms with van der Waals surface area (Å²) in [4.78, 5) is 0. The molecule has 1 saturated carbocycles. The van der Waals surface area contributed by atoms with Crippen molar-refractivity contribution in [2.75, 3.05) is 6.61 Å². The van der Waals surface area contributed by atoms with Gasteiger partial charge in [-0.05, 0) is 61.5 Å². The van der Waals surface area contributed by atoms with Crippen LogP contribution in [-0.4, -0.2) is 6.61 Å². The maximum Gasteiger partial charge on any atom is 0.0721 e. The lowest BCUT2D eigenvalue weighted by atomic mass is 9.77. The summed E-state index contributed by atoms with van der Waals surface area (Å²) in [5, 5.41) is 0. The summed E-state index contributed by atoms with van der Waals surface area (Å²) >= 11 is 0. The van der Waals surface area contributed by atoms with Gasteiger partial charge in [0.1, 0.15) is 0 Å². The largest absolute Gasteiger partial charge is 0.373 e. The zero-order valence-corrected chi connectivity index (χ0v) is 14.0. The number of hydrogen-bond donors (Lipinski definition) is 0. The van der Waals surface area contributed by atoms with Gasteiger partial charge in [-0.3, -0.25) is 0 Å². The van der Waals surface area contributed by atoms with Gasteiger partial charge in [0, 0.05) is 0 Å². The van der Waals surface area contributed by atoms with Gasteiger partial charge in [0.05, 0.1) is 13.2 Å². The Labute approximate surface area is 136 Å². The lowest BCUT2D eigenvalue weighted by molar-refractivity contribution is 0.149. The zero-order chi connectivity index (χ0) is 15.6. The van der Waals surface area contributed by atoms with Gasteiger partial charge in [-0.15, -0.1) is 6.58 Å². The maximum atomic E-state index is 5.49. The third-order valence-corrected chi connectivity index (χ3v) is 4.67. The molecule has 1 aromatic carbocycles. The van der Waals surface area contributed by atoms with Gasteiger partial charge in [-0.2, -0.15) is 0 Å². The summed E-state index contributed by atoms with van der Waals surface area (Å²) in [5.41, 5.74) is 2.76. The van der Waals surface area contributed by atoms with Gasteiger partial charge in [-0.1, -0.05) is 49.4 Å². The Bertz CT molecular complexity index is 449. The van der Waals surface area contributed by atoms with Gasteiger partial charge < -0.3 is 4.74 Å². The first-order chi connectivity index (χ1) is 10.8. The maximum absolute atomic E-state index is 5.49. The Hall–Kier alpha value is -1.34. The lowest BCUT2D eigenvalue weighted by Gasteiger charge is -2.28. The average molecular weight is 298 g/mol. The second-order valence-electron chi connectivity index (χ2n) is 6.38. The fourth-order valence-corrected chi connectivity index (χ4v) is 3.33. The van der Waals surface area contributed by atoms with Crippen LogP contribution in [0.5, 0.6) is 0 Å². The van der Waals surface area contributed by atoms with E-state index in [1.165, 1.54) is 43.2 Å². The molecular weight excluding hydrogens is 268 g/mol. The second kappa shape index (κ2) is 9.63. The molecule has 0 spiro atoms. The van der Waals surface area contributed by atoms with Crippen molar-refractivity contribution >= 4 is 0 Å². The third-order valence-electron chi connectivity index (χ3n) is 4.67. The normalized spacial score (nSPS) is 22.0. The molecule has 0 radical (unpaired) electrons. The minimum atomic E-state index is 0.623. The minimum Gasteiger partial charge on any atom is -0.373 e. The summed E-state index contributed by atoms with van der Waals surface area (Å²) in [5.74, 6) is 1.67. The molecule has 0 N–H and O–H groups in total. The van der Waals surface area contributed by atoms with Gasteiger partial charge in [-0.25, -0.2) is 0 Å². The molecule has 120 valence electrons. The predicted octanol–water partition coefficient (Wildman–Crippen LogP) is 6.02. The van der Waals surface area contributed by atoms with Crippen molar-refractivity contribution in [2.24, 2.45) is 5.92 Å². The number of rotatable bonds is 8. The molecule has 0 atom stereocenters. The molecule has 1 heteroatoms. The first-order valence-electron chi connectivity index (χ1n) is 8.76. The smallest absolute Gasteiger partial charge is 0.0721 e. The van der Waals surface area contributed by atoms with Crippen molar-refractivity contribution in [3.63, 3.8) is 0 Å². The van der Waals surface area contributed by atoms with Crippen molar-refractivity contribution in [2.45, 2.75) is 58.0 Å².